The predicted octanol–water partition coefficient (Wildman–Crippen LogP) is 5.52. The van der Waals surface area contributed by atoms with E-state index in [0.29, 0.717) is 30.8 Å². The molecular weight excluding hydrogens is 380 g/mol. The van der Waals surface area contributed by atoms with Gasteiger partial charge < -0.3 is 0 Å². The molecule has 0 aliphatic carbocycles. The molecule has 4 heteroatoms. The summed E-state index contributed by atoms with van der Waals surface area (Å²) in [6.45, 7) is 1.72. The second-order valence-electron chi connectivity index (χ2n) is 7.40. The summed E-state index contributed by atoms with van der Waals surface area (Å²) in [5.74, 6) is -0.655. The number of hydrogen-bond donors (Lipinski definition) is 0. The fraction of sp³-hybridized carbons (Fsp3) is 0.115. The summed E-state index contributed by atoms with van der Waals surface area (Å²) in [6.07, 6.45) is 3.63. The van der Waals surface area contributed by atoms with Crippen LogP contribution in [0.4, 0.5) is 8.78 Å². The van der Waals surface area contributed by atoms with Gasteiger partial charge in [-0.3, -0.25) is 9.69 Å². The lowest BCUT2D eigenvalue weighted by atomic mass is 9.94. The molecule has 0 unspecified atom stereocenters. The number of carbonyl (C=O) groups excluding carboxylic acids is 1. The minimum atomic E-state index is -0.310. The van der Waals surface area contributed by atoms with E-state index in [1.807, 2.05) is 30.4 Å². The largest absolute Gasteiger partial charge is 0.290 e. The Kier molecular flexibility index (Phi) is 5.96. The van der Waals surface area contributed by atoms with Gasteiger partial charge in [-0.15, -0.1) is 0 Å². The van der Waals surface area contributed by atoms with E-state index in [2.05, 4.69) is 17.0 Å². The number of ketones is 1. The van der Waals surface area contributed by atoms with Crippen molar-refractivity contribution in [3.05, 3.63) is 118 Å². The van der Waals surface area contributed by atoms with Gasteiger partial charge in [0.2, 0.25) is 0 Å². The van der Waals surface area contributed by atoms with Crippen LogP contribution in [0.15, 0.2) is 90.0 Å². The van der Waals surface area contributed by atoms with Crippen LogP contribution in [0, 0.1) is 11.6 Å². The van der Waals surface area contributed by atoms with Crippen LogP contribution in [-0.2, 0) is 11.3 Å². The molecule has 4 rings (SSSR count). The van der Waals surface area contributed by atoms with Crippen molar-refractivity contribution in [3.63, 3.8) is 0 Å². The van der Waals surface area contributed by atoms with Crippen LogP contribution < -0.4 is 0 Å². The maximum absolute atomic E-state index is 13.2. The number of carbonyl (C=O) groups is 1. The molecule has 0 atom stereocenters. The zero-order valence-corrected chi connectivity index (χ0v) is 16.4. The molecule has 0 saturated carbocycles. The Labute approximate surface area is 174 Å². The second kappa shape index (κ2) is 8.97. The molecule has 0 spiro atoms. The summed E-state index contributed by atoms with van der Waals surface area (Å²) in [7, 11) is 0. The third-order valence-electron chi connectivity index (χ3n) is 5.04. The smallest absolute Gasteiger partial charge is 0.187 e. The monoisotopic (exact) mass is 401 g/mol. The molecule has 0 aromatic heterocycles. The summed E-state index contributed by atoms with van der Waals surface area (Å²) in [5.41, 5.74) is 4.02. The third-order valence-corrected chi connectivity index (χ3v) is 5.04. The zero-order chi connectivity index (χ0) is 20.9. The number of likely N-dealkylation sites (tertiary alicyclic amines) is 1. The minimum absolute atomic E-state index is 0.0343. The van der Waals surface area contributed by atoms with Gasteiger partial charge in [0.05, 0.1) is 0 Å². The maximum atomic E-state index is 13.2. The molecule has 1 aliphatic heterocycles. The Morgan fingerprint density at radius 3 is 1.63 bits per heavy atom. The van der Waals surface area contributed by atoms with Crippen LogP contribution >= 0.6 is 0 Å². The number of benzene rings is 3. The summed E-state index contributed by atoms with van der Waals surface area (Å²) in [6, 6.07) is 22.3. The highest BCUT2D eigenvalue weighted by Crippen LogP contribution is 2.24. The van der Waals surface area contributed by atoms with Crippen LogP contribution in [0.25, 0.3) is 12.2 Å². The fourth-order valence-electron chi connectivity index (χ4n) is 3.58. The van der Waals surface area contributed by atoms with Gasteiger partial charge in [-0.25, -0.2) is 8.78 Å². The maximum Gasteiger partial charge on any atom is 0.187 e. The molecule has 3 aromatic carbocycles. The first kappa shape index (κ1) is 19.9. The highest BCUT2D eigenvalue weighted by atomic mass is 19.1. The van der Waals surface area contributed by atoms with Gasteiger partial charge in [-0.2, -0.15) is 0 Å². The molecule has 1 saturated heterocycles. The predicted molar refractivity (Wildman–Crippen MR) is 115 cm³/mol. The van der Waals surface area contributed by atoms with E-state index in [-0.39, 0.29) is 17.4 Å². The Morgan fingerprint density at radius 2 is 1.17 bits per heavy atom. The van der Waals surface area contributed by atoms with Crippen molar-refractivity contribution in [2.24, 2.45) is 0 Å². The standard InChI is InChI=1S/C26H21F2NO/c27-24-10-6-19(7-11-24)14-22-17-29(16-21-4-2-1-3-5-21)18-23(26(22)30)15-20-8-12-25(28)13-9-20/h1-15H,16-18H2/b22-14+,23-15+. The topological polar surface area (TPSA) is 20.3 Å². The lowest BCUT2D eigenvalue weighted by molar-refractivity contribution is -0.113. The van der Waals surface area contributed by atoms with Crippen LogP contribution in [0.1, 0.15) is 16.7 Å². The number of rotatable bonds is 4. The van der Waals surface area contributed by atoms with Crippen LogP contribution in [-0.4, -0.2) is 23.8 Å². The number of hydrogen-bond acceptors (Lipinski definition) is 2. The van der Waals surface area contributed by atoms with Crippen molar-refractivity contribution in [1.82, 2.24) is 4.90 Å². The second-order valence-corrected chi connectivity index (χ2v) is 7.40. The Balaban J connectivity index is 1.67. The molecule has 150 valence electrons. The lowest BCUT2D eigenvalue weighted by Crippen LogP contribution is -2.37. The van der Waals surface area contributed by atoms with Gasteiger partial charge in [0.25, 0.3) is 0 Å². The molecule has 1 fully saturated rings. The van der Waals surface area contributed by atoms with Gasteiger partial charge >= 0.3 is 0 Å². The molecular formula is C26H21F2NO. The molecule has 0 amide bonds. The van der Waals surface area contributed by atoms with Gasteiger partial charge in [-0.05, 0) is 53.1 Å². The summed E-state index contributed by atoms with van der Waals surface area (Å²) in [5, 5.41) is 0. The average molecular weight is 401 g/mol. The third kappa shape index (κ3) is 4.97. The minimum Gasteiger partial charge on any atom is -0.290 e. The van der Waals surface area contributed by atoms with Crippen LogP contribution in [0.3, 0.4) is 0 Å². The first-order valence-electron chi connectivity index (χ1n) is 9.80. The molecule has 1 aliphatic rings. The van der Waals surface area contributed by atoms with Crippen molar-refractivity contribution in [2.45, 2.75) is 6.54 Å². The fourth-order valence-corrected chi connectivity index (χ4v) is 3.58. The van der Waals surface area contributed by atoms with E-state index >= 15 is 0 Å². The van der Waals surface area contributed by atoms with E-state index in [9.17, 15) is 13.6 Å². The highest BCUT2D eigenvalue weighted by molar-refractivity contribution is 6.14. The summed E-state index contributed by atoms with van der Waals surface area (Å²) >= 11 is 0. The highest BCUT2D eigenvalue weighted by Gasteiger charge is 2.26. The molecule has 2 nitrogen and oxygen atoms in total. The van der Waals surface area contributed by atoms with Gasteiger partial charge in [0.1, 0.15) is 11.6 Å². The van der Waals surface area contributed by atoms with E-state index < -0.39 is 0 Å². The van der Waals surface area contributed by atoms with Crippen LogP contribution in [0.2, 0.25) is 0 Å². The molecule has 30 heavy (non-hydrogen) atoms. The van der Waals surface area contributed by atoms with Gasteiger partial charge in [0.15, 0.2) is 5.78 Å². The van der Waals surface area contributed by atoms with Crippen molar-refractivity contribution in [2.75, 3.05) is 13.1 Å². The molecule has 0 radical (unpaired) electrons. The van der Waals surface area contributed by atoms with E-state index in [1.54, 1.807) is 24.3 Å². The van der Waals surface area contributed by atoms with Gasteiger partial charge in [-0.1, -0.05) is 54.6 Å². The van der Waals surface area contributed by atoms with Crippen molar-refractivity contribution >= 4 is 17.9 Å². The number of halogens is 2. The first-order chi connectivity index (χ1) is 14.6. The van der Waals surface area contributed by atoms with Crippen molar-refractivity contribution in [3.8, 4) is 0 Å². The Hall–Kier alpha value is -3.37. The SMILES string of the molecule is O=C1/C(=C/c2ccc(F)cc2)CN(Cc2ccccc2)C/C1=C\c1ccc(F)cc1. The first-order valence-corrected chi connectivity index (χ1v) is 9.80. The van der Waals surface area contributed by atoms with Crippen LogP contribution in [0.5, 0.6) is 0 Å². The average Bonchev–Trinajstić information content (AvgIpc) is 2.75. The number of Topliss-reactive ketones (excluding diaryl/α,β-unsaturated/α-hetero) is 1. The number of nitrogens with zero attached hydrogens (tertiary/aromatic N) is 1. The molecule has 0 N–H and O–H groups in total. The zero-order valence-electron chi connectivity index (χ0n) is 16.4. The van der Waals surface area contributed by atoms with E-state index in [0.717, 1.165) is 16.7 Å². The van der Waals surface area contributed by atoms with E-state index in [4.69, 9.17) is 0 Å². The lowest BCUT2D eigenvalue weighted by Gasteiger charge is -2.30. The Bertz CT molecular complexity index is 1020. The Morgan fingerprint density at radius 1 is 0.700 bits per heavy atom. The quantitative estimate of drug-likeness (QED) is 0.537. The van der Waals surface area contributed by atoms with Gasteiger partial charge in [0, 0.05) is 30.8 Å². The number of piperidine rings is 1. The molecule has 1 heterocycles. The molecule has 3 aromatic rings. The summed E-state index contributed by atoms with van der Waals surface area (Å²) in [4.78, 5) is 15.4. The summed E-state index contributed by atoms with van der Waals surface area (Å²) < 4.78 is 26.5. The molecule has 0 bridgehead atoms. The van der Waals surface area contributed by atoms with Crippen molar-refractivity contribution in [1.29, 1.82) is 0 Å². The normalized spacial score (nSPS) is 17.6. The van der Waals surface area contributed by atoms with E-state index in [1.165, 1.54) is 24.3 Å². The van der Waals surface area contributed by atoms with Crippen molar-refractivity contribution < 1.29 is 13.6 Å².